The van der Waals surface area contributed by atoms with Gasteiger partial charge in [-0.15, -0.1) is 0 Å². The van der Waals surface area contributed by atoms with Crippen LogP contribution in [-0.4, -0.2) is 39.2 Å². The zero-order chi connectivity index (χ0) is 19.3. The molecule has 0 saturated carbocycles. The molecule has 0 bridgehead atoms. The molecule has 3 aromatic rings. The van der Waals surface area contributed by atoms with Gasteiger partial charge in [0.2, 0.25) is 0 Å². The summed E-state index contributed by atoms with van der Waals surface area (Å²) >= 11 is 0. The van der Waals surface area contributed by atoms with Crippen molar-refractivity contribution in [2.45, 2.75) is 38.4 Å². The summed E-state index contributed by atoms with van der Waals surface area (Å²) < 4.78 is 8.83. The molecule has 0 radical (unpaired) electrons. The van der Waals surface area contributed by atoms with Gasteiger partial charge in [-0.2, -0.15) is 10.2 Å². The number of methoxy groups -OCH3 is 1. The summed E-state index contributed by atoms with van der Waals surface area (Å²) in [5.74, 6) is -0.108. The minimum Gasteiger partial charge on any atom is -0.383 e. The standard InChI is InChI=1S/C21H25N5O2/c1-28-11-10-25-14-17-8-5-9-19(20(17)24-25)23-21(27)18-12-22-26(15-18)13-16-6-3-2-4-7-16/h2-4,6-7,12,14-15,19H,5,8-11,13H2,1H3,(H,23,27). The predicted molar refractivity (Wildman–Crippen MR) is 105 cm³/mol. The van der Waals surface area contributed by atoms with E-state index in [1.807, 2.05) is 35.0 Å². The molecular formula is C21H25N5O2. The second-order valence-corrected chi connectivity index (χ2v) is 7.13. The van der Waals surface area contributed by atoms with Gasteiger partial charge in [0.1, 0.15) is 0 Å². The fraction of sp³-hybridized carbons (Fsp3) is 0.381. The van der Waals surface area contributed by atoms with E-state index in [9.17, 15) is 4.79 Å². The average Bonchev–Trinajstić information content (AvgIpc) is 3.34. The van der Waals surface area contributed by atoms with Crippen LogP contribution in [0.15, 0.2) is 48.9 Å². The third-order valence-corrected chi connectivity index (χ3v) is 5.05. The topological polar surface area (TPSA) is 74.0 Å². The van der Waals surface area contributed by atoms with Gasteiger partial charge < -0.3 is 10.1 Å². The van der Waals surface area contributed by atoms with Gasteiger partial charge >= 0.3 is 0 Å². The average molecular weight is 379 g/mol. The van der Waals surface area contributed by atoms with Crippen LogP contribution in [-0.2, 0) is 24.2 Å². The van der Waals surface area contributed by atoms with Crippen LogP contribution >= 0.6 is 0 Å². The molecule has 1 aromatic carbocycles. The summed E-state index contributed by atoms with van der Waals surface area (Å²) in [5, 5.41) is 12.1. The van der Waals surface area contributed by atoms with Gasteiger partial charge in [0.05, 0.1) is 43.2 Å². The zero-order valence-electron chi connectivity index (χ0n) is 16.0. The normalized spacial score (nSPS) is 16.0. The van der Waals surface area contributed by atoms with Gasteiger partial charge in [0, 0.05) is 19.5 Å². The molecule has 2 heterocycles. The lowest BCUT2D eigenvalue weighted by atomic mass is 9.93. The number of nitrogens with one attached hydrogen (secondary N) is 1. The number of carbonyl (C=O) groups is 1. The van der Waals surface area contributed by atoms with Crippen molar-refractivity contribution in [1.82, 2.24) is 24.9 Å². The van der Waals surface area contributed by atoms with E-state index in [1.54, 1.807) is 24.2 Å². The first-order valence-electron chi connectivity index (χ1n) is 9.65. The van der Waals surface area contributed by atoms with Crippen molar-refractivity contribution < 1.29 is 9.53 Å². The van der Waals surface area contributed by atoms with E-state index in [1.165, 1.54) is 5.56 Å². The zero-order valence-corrected chi connectivity index (χ0v) is 16.0. The predicted octanol–water partition coefficient (Wildman–Crippen LogP) is 2.58. The largest absolute Gasteiger partial charge is 0.383 e. The number of amides is 1. The summed E-state index contributed by atoms with van der Waals surface area (Å²) in [6, 6.07) is 10.0. The smallest absolute Gasteiger partial charge is 0.255 e. The summed E-state index contributed by atoms with van der Waals surface area (Å²) in [6.45, 7) is 1.99. The van der Waals surface area contributed by atoms with E-state index < -0.39 is 0 Å². The molecule has 1 N–H and O–H groups in total. The van der Waals surface area contributed by atoms with Crippen LogP contribution in [0.5, 0.6) is 0 Å². The second kappa shape index (κ2) is 8.39. The number of hydrogen-bond acceptors (Lipinski definition) is 4. The van der Waals surface area contributed by atoms with Crippen LogP contribution in [0.1, 0.15) is 46.1 Å². The van der Waals surface area contributed by atoms with E-state index in [-0.39, 0.29) is 11.9 Å². The molecule has 7 heteroatoms. The molecule has 146 valence electrons. The molecule has 1 atom stereocenters. The van der Waals surface area contributed by atoms with Gasteiger partial charge in [-0.3, -0.25) is 14.2 Å². The summed E-state index contributed by atoms with van der Waals surface area (Å²) in [7, 11) is 1.68. The highest BCUT2D eigenvalue weighted by molar-refractivity contribution is 5.94. The highest BCUT2D eigenvalue weighted by Crippen LogP contribution is 2.28. The van der Waals surface area contributed by atoms with Crippen LogP contribution in [0.25, 0.3) is 0 Å². The lowest BCUT2D eigenvalue weighted by Crippen LogP contribution is -2.31. The number of hydrogen-bond donors (Lipinski definition) is 1. The fourth-order valence-electron chi connectivity index (χ4n) is 3.62. The van der Waals surface area contributed by atoms with E-state index >= 15 is 0 Å². The maximum Gasteiger partial charge on any atom is 0.255 e. The highest BCUT2D eigenvalue weighted by atomic mass is 16.5. The van der Waals surface area contributed by atoms with Crippen LogP contribution in [0, 0.1) is 0 Å². The number of nitrogens with zero attached hydrogens (tertiary/aromatic N) is 4. The molecule has 28 heavy (non-hydrogen) atoms. The van der Waals surface area contributed by atoms with Crippen molar-refractivity contribution in [2.75, 3.05) is 13.7 Å². The molecule has 1 amide bonds. The van der Waals surface area contributed by atoms with Gasteiger partial charge in [0.15, 0.2) is 0 Å². The number of fused-ring (bicyclic) bond motifs is 1. The van der Waals surface area contributed by atoms with Crippen LogP contribution in [0.4, 0.5) is 0 Å². The fourth-order valence-corrected chi connectivity index (χ4v) is 3.62. The Morgan fingerprint density at radius 1 is 1.25 bits per heavy atom. The molecule has 0 saturated heterocycles. The van der Waals surface area contributed by atoms with Crippen molar-refractivity contribution >= 4 is 5.91 Å². The number of carbonyl (C=O) groups excluding carboxylic acids is 1. The Morgan fingerprint density at radius 3 is 2.93 bits per heavy atom. The Bertz CT molecular complexity index is 931. The third-order valence-electron chi connectivity index (χ3n) is 5.05. The van der Waals surface area contributed by atoms with Crippen LogP contribution in [0.3, 0.4) is 0 Å². The Kier molecular flexibility index (Phi) is 5.53. The lowest BCUT2D eigenvalue weighted by Gasteiger charge is -2.21. The van der Waals surface area contributed by atoms with E-state index in [2.05, 4.69) is 21.7 Å². The molecule has 0 fully saturated rings. The SMILES string of the molecule is COCCn1cc2c(n1)C(NC(=O)c1cnn(Cc3ccccc3)c1)CCC2. The molecule has 0 aliphatic heterocycles. The number of benzene rings is 1. The second-order valence-electron chi connectivity index (χ2n) is 7.13. The maximum atomic E-state index is 12.7. The monoisotopic (exact) mass is 379 g/mol. The Morgan fingerprint density at radius 2 is 2.11 bits per heavy atom. The van der Waals surface area contributed by atoms with Crippen LogP contribution in [0.2, 0.25) is 0 Å². The van der Waals surface area contributed by atoms with Crippen molar-refractivity contribution in [2.24, 2.45) is 0 Å². The molecule has 4 rings (SSSR count). The first-order valence-corrected chi connectivity index (χ1v) is 9.65. The Hall–Kier alpha value is -2.93. The molecule has 7 nitrogen and oxygen atoms in total. The van der Waals surface area contributed by atoms with Gasteiger partial charge in [-0.1, -0.05) is 30.3 Å². The molecular weight excluding hydrogens is 354 g/mol. The minimum absolute atomic E-state index is 0.0579. The summed E-state index contributed by atoms with van der Waals surface area (Å²) in [4.78, 5) is 12.7. The Balaban J connectivity index is 1.43. The first-order chi connectivity index (χ1) is 13.7. The number of rotatable bonds is 7. The maximum absolute atomic E-state index is 12.7. The lowest BCUT2D eigenvalue weighted by molar-refractivity contribution is 0.0931. The first kappa shape index (κ1) is 18.4. The van der Waals surface area contributed by atoms with Crippen molar-refractivity contribution in [3.8, 4) is 0 Å². The molecule has 1 aliphatic rings. The van der Waals surface area contributed by atoms with Gasteiger partial charge in [-0.05, 0) is 30.4 Å². The highest BCUT2D eigenvalue weighted by Gasteiger charge is 2.26. The number of ether oxygens (including phenoxy) is 1. The van der Waals surface area contributed by atoms with Crippen molar-refractivity contribution in [3.05, 3.63) is 71.3 Å². The summed E-state index contributed by atoms with van der Waals surface area (Å²) in [5.41, 5.74) is 3.91. The molecule has 1 unspecified atom stereocenters. The van der Waals surface area contributed by atoms with Gasteiger partial charge in [-0.25, -0.2) is 0 Å². The quantitative estimate of drug-likeness (QED) is 0.685. The summed E-state index contributed by atoms with van der Waals surface area (Å²) in [6.07, 6.45) is 8.44. The number of aryl methyl sites for hydroxylation is 1. The van der Waals surface area contributed by atoms with Crippen molar-refractivity contribution in [3.63, 3.8) is 0 Å². The molecule has 0 spiro atoms. The molecule has 1 aliphatic carbocycles. The van der Waals surface area contributed by atoms with Gasteiger partial charge in [0.25, 0.3) is 5.91 Å². The Labute approximate surface area is 164 Å². The van der Waals surface area contributed by atoms with E-state index in [0.29, 0.717) is 18.7 Å². The van der Waals surface area contributed by atoms with E-state index in [0.717, 1.165) is 37.1 Å². The minimum atomic E-state index is -0.108. The van der Waals surface area contributed by atoms with Crippen molar-refractivity contribution in [1.29, 1.82) is 0 Å². The third kappa shape index (κ3) is 4.14. The molecule has 2 aromatic heterocycles. The van der Waals surface area contributed by atoms with E-state index in [4.69, 9.17) is 4.74 Å². The van der Waals surface area contributed by atoms with Crippen LogP contribution < -0.4 is 5.32 Å². The number of aromatic nitrogens is 4.